The van der Waals surface area contributed by atoms with Gasteiger partial charge >= 0.3 is 0 Å². The molecule has 2 aliphatic heterocycles. The van der Waals surface area contributed by atoms with Crippen LogP contribution in [-0.4, -0.2) is 268 Å². The monoisotopic (exact) mass is 1310 g/mol. The Morgan fingerprint density at radius 1 is 0.565 bits per heavy atom. The molecule has 2 aliphatic rings. The number of carbonyl (C=O) groups is 1. The Kier molecular flexibility index (Phi) is 42.2. The molecule has 25 heteroatoms. The molecule has 2 saturated heterocycles. The van der Waals surface area contributed by atoms with E-state index < -0.39 is 159 Å². The molecule has 528 valence electrons. The van der Waals surface area contributed by atoms with Crippen LogP contribution in [0.1, 0.15) is 129 Å². The van der Waals surface area contributed by atoms with E-state index in [-0.39, 0.29) is 63.5 Å². The lowest BCUT2D eigenvalue weighted by molar-refractivity contribution is -0.234. The third kappa shape index (κ3) is 32.1. The zero-order valence-electron chi connectivity index (χ0n) is 53.3. The topological polar surface area (TPSA) is 478 Å². The number of aliphatic hydroxyl groups is 20. The van der Waals surface area contributed by atoms with Crippen LogP contribution < -0.4 is 11.1 Å². The largest absolute Gasteiger partial charge is 0.393 e. The first-order chi connectivity index (χ1) is 43.5. The van der Waals surface area contributed by atoms with E-state index in [2.05, 4.69) is 30.6 Å². The van der Waals surface area contributed by atoms with Crippen LogP contribution >= 0.6 is 0 Å². The molecule has 0 spiro atoms. The molecule has 0 radical (unpaired) electrons. The number of rotatable bonds is 46. The maximum absolute atomic E-state index is 12.6. The lowest BCUT2D eigenvalue weighted by atomic mass is 9.87. The van der Waals surface area contributed by atoms with E-state index in [1.54, 1.807) is 50.3 Å². The van der Waals surface area contributed by atoms with Gasteiger partial charge in [-0.3, -0.25) is 4.79 Å². The van der Waals surface area contributed by atoms with Gasteiger partial charge in [0, 0.05) is 32.4 Å². The van der Waals surface area contributed by atoms with Gasteiger partial charge in [0.05, 0.1) is 67.1 Å². The summed E-state index contributed by atoms with van der Waals surface area (Å²) in [5.41, 5.74) is 6.17. The summed E-state index contributed by atoms with van der Waals surface area (Å²) in [6.45, 7) is 10.4. The average molecular weight is 1310 g/mol. The second kappa shape index (κ2) is 46.2. The van der Waals surface area contributed by atoms with Crippen molar-refractivity contribution in [3.05, 3.63) is 121 Å². The molecule has 92 heavy (non-hydrogen) atoms. The fourth-order valence-corrected chi connectivity index (χ4v) is 10.2. The number of allylic oxidation sites excluding steroid dienone is 7. The van der Waals surface area contributed by atoms with Gasteiger partial charge in [0.2, 0.25) is 0 Å². The van der Waals surface area contributed by atoms with Crippen molar-refractivity contribution >= 4 is 5.91 Å². The number of unbranched alkanes of at least 4 members (excludes halogenated alkanes) is 5. The molecular formula is C67H112N2O23. The Morgan fingerprint density at radius 2 is 1.13 bits per heavy atom. The first kappa shape index (κ1) is 84.0. The molecule has 0 aliphatic carbocycles. The van der Waals surface area contributed by atoms with Gasteiger partial charge < -0.3 is 123 Å². The molecule has 2 rings (SSSR count). The number of amides is 1. The molecular weight excluding hydrogens is 1200 g/mol. The van der Waals surface area contributed by atoms with Crippen LogP contribution in [0.15, 0.2) is 121 Å². The summed E-state index contributed by atoms with van der Waals surface area (Å²) < 4.78 is 11.6. The van der Waals surface area contributed by atoms with Gasteiger partial charge in [0.1, 0.15) is 73.2 Å². The Morgan fingerprint density at radius 3 is 1.78 bits per heavy atom. The smallest absolute Gasteiger partial charge is 0.251 e. The first-order valence-corrected chi connectivity index (χ1v) is 32.1. The van der Waals surface area contributed by atoms with Gasteiger partial charge in [-0.25, -0.2) is 0 Å². The predicted octanol–water partition coefficient (Wildman–Crippen LogP) is -1.19. The van der Waals surface area contributed by atoms with E-state index in [0.717, 1.165) is 32.1 Å². The molecule has 0 bridgehead atoms. The van der Waals surface area contributed by atoms with Crippen LogP contribution in [0.5, 0.6) is 0 Å². The van der Waals surface area contributed by atoms with E-state index in [4.69, 9.17) is 15.2 Å². The predicted molar refractivity (Wildman–Crippen MR) is 344 cm³/mol. The normalized spacial score (nSPS) is 26.8. The minimum absolute atomic E-state index is 0.00365. The molecule has 9 unspecified atom stereocenters. The van der Waals surface area contributed by atoms with Gasteiger partial charge in [-0.05, 0) is 121 Å². The molecule has 2 fully saturated rings. The molecule has 0 aromatic rings. The highest BCUT2D eigenvalue weighted by Crippen LogP contribution is 2.31. The number of hydrogen-bond acceptors (Lipinski definition) is 24. The van der Waals surface area contributed by atoms with Crippen LogP contribution in [-0.2, 0) is 14.3 Å². The number of nitrogens with two attached hydrogens (primary N) is 1. The van der Waals surface area contributed by atoms with Gasteiger partial charge in [-0.2, -0.15) is 0 Å². The van der Waals surface area contributed by atoms with Crippen molar-refractivity contribution in [2.24, 2.45) is 5.73 Å². The lowest BCUT2D eigenvalue weighted by Gasteiger charge is -2.42. The van der Waals surface area contributed by atoms with Crippen LogP contribution in [0.4, 0.5) is 0 Å². The maximum Gasteiger partial charge on any atom is 0.251 e. The summed E-state index contributed by atoms with van der Waals surface area (Å²) in [5, 5.41) is 215. The highest BCUT2D eigenvalue weighted by atomic mass is 16.6. The minimum Gasteiger partial charge on any atom is -0.393 e. The van der Waals surface area contributed by atoms with Crippen molar-refractivity contribution in [1.29, 1.82) is 0 Å². The Labute approximate surface area is 541 Å². The summed E-state index contributed by atoms with van der Waals surface area (Å²) in [7, 11) is 0. The zero-order valence-corrected chi connectivity index (χ0v) is 53.3. The highest BCUT2D eigenvalue weighted by molar-refractivity contribution is 5.81. The Bertz CT molecular complexity index is 2310. The summed E-state index contributed by atoms with van der Waals surface area (Å²) >= 11 is 0. The maximum atomic E-state index is 12.6. The molecule has 24 atom stereocenters. The molecule has 1 amide bonds. The van der Waals surface area contributed by atoms with E-state index in [1.165, 1.54) is 36.5 Å². The second-order valence-electron chi connectivity index (χ2n) is 24.3. The number of hydrogen-bond donors (Lipinski definition) is 22. The lowest BCUT2D eigenvalue weighted by Crippen LogP contribution is -2.59. The van der Waals surface area contributed by atoms with Gasteiger partial charge in [-0.15, -0.1) is 6.58 Å². The van der Waals surface area contributed by atoms with Crippen molar-refractivity contribution in [1.82, 2.24) is 5.32 Å². The van der Waals surface area contributed by atoms with Crippen LogP contribution in [0.2, 0.25) is 0 Å². The van der Waals surface area contributed by atoms with Crippen LogP contribution in [0, 0.1) is 0 Å². The highest BCUT2D eigenvalue weighted by Gasteiger charge is 2.47. The molecule has 0 saturated carbocycles. The van der Waals surface area contributed by atoms with E-state index >= 15 is 0 Å². The summed E-state index contributed by atoms with van der Waals surface area (Å²) in [6, 6.07) is 0. The minimum atomic E-state index is -1.94. The van der Waals surface area contributed by atoms with Crippen molar-refractivity contribution in [3.63, 3.8) is 0 Å². The van der Waals surface area contributed by atoms with E-state index in [0.29, 0.717) is 43.3 Å². The summed E-state index contributed by atoms with van der Waals surface area (Å²) in [4.78, 5) is 12.6. The van der Waals surface area contributed by atoms with Gasteiger partial charge in [0.25, 0.3) is 5.91 Å². The van der Waals surface area contributed by atoms with E-state index in [1.807, 2.05) is 6.08 Å². The van der Waals surface area contributed by atoms with Crippen molar-refractivity contribution < 1.29 is 116 Å². The zero-order chi connectivity index (χ0) is 69.0. The number of aliphatic hydroxyl groups excluding tert-OH is 20. The molecule has 2 heterocycles. The van der Waals surface area contributed by atoms with Crippen molar-refractivity contribution in [2.75, 3.05) is 13.1 Å². The third-order valence-corrected chi connectivity index (χ3v) is 16.1. The SMILES string of the molecule is C=CCC/C=C/CCCC/C=C/[C@@H](O)[C@H](O)[C@@H]1O[C@@H]([C@H](O)[C@H](O)C(=C)CC[C@@H](O)[C@H]2C[C@@H](O)[C@@H](O)[C@H]([C@@H](O)[C@H](O)/C=C(C)/C=C/CC(O)CC(O)CNC(=O)C(O)C(O)C/C=C\C(O)C(O)/C(C)=C/CCCC(O)/C=C/CC(O)/C=C/CC(O)CN)O2)C[C@@H](O)[C@H]1O. The fourth-order valence-electron chi connectivity index (χ4n) is 10.2. The van der Waals surface area contributed by atoms with E-state index in [9.17, 15) is 107 Å². The molecule has 0 aromatic carbocycles. The average Bonchev–Trinajstić information content (AvgIpc) is 0.827. The summed E-state index contributed by atoms with van der Waals surface area (Å²) in [6.07, 6.45) is -5.09. The Balaban J connectivity index is 1.80. The van der Waals surface area contributed by atoms with Gasteiger partial charge in [-0.1, -0.05) is 103 Å². The number of nitrogens with one attached hydrogen (secondary N) is 1. The molecule has 0 aromatic heterocycles. The third-order valence-electron chi connectivity index (χ3n) is 16.1. The van der Waals surface area contributed by atoms with Crippen molar-refractivity contribution in [3.8, 4) is 0 Å². The first-order valence-electron chi connectivity index (χ1n) is 32.1. The van der Waals surface area contributed by atoms with Crippen LogP contribution in [0.25, 0.3) is 0 Å². The quantitative estimate of drug-likeness (QED) is 0.0193. The molecule has 23 N–H and O–H groups in total. The molecule has 25 nitrogen and oxygen atoms in total. The van der Waals surface area contributed by atoms with Gasteiger partial charge in [0.15, 0.2) is 6.10 Å². The fraction of sp³-hybridized carbons (Fsp3) is 0.687. The van der Waals surface area contributed by atoms with Crippen LogP contribution in [0.3, 0.4) is 0 Å². The summed E-state index contributed by atoms with van der Waals surface area (Å²) in [5.74, 6) is -1.03. The number of carbonyl (C=O) groups excluding carboxylic acids is 1. The second-order valence-corrected chi connectivity index (χ2v) is 24.3. The number of ether oxygens (including phenoxy) is 2. The Hall–Kier alpha value is -4.05. The standard InChI is InChI=1S/C67H112N2O23/c1-5-6-7-8-9-10-11-12-13-14-29-50(77)59(84)65-62(87)54(81)37-56(92-65)64(89)58(83)42(4)32-33-48(75)55-36-53(80)61(86)66(91-55)60(85)52(79)34-40(2)21-17-27-45(72)35-47(74)39-69-67(90)63(88)51(78)31-20-30-49(76)57(82)41(3)22-15-16-23-43(70)24-18-25-44(71)26-19-28-46(73)38-68/h5,8-9,14,17-22,24,26,29-30,34,43-66,70-89H,1,4,6-7,10-13,15-16,23,25,27-28,31-33,35-39,68H2,2-3H3,(H,69,90)/b9-8+,21-17+,24-18+,26-19+,29-14+,30-20-,40-34+,41-22+/t43?,44?,45?,46?,47?,48-,49?,50-,51?,52-,53-,54-,55-,56-,57?,58-,59+,60+,61-,62-,63?,64+,65+,66+/m1/s1. The van der Waals surface area contributed by atoms with Crippen molar-refractivity contribution in [2.45, 2.75) is 276 Å².